The lowest BCUT2D eigenvalue weighted by atomic mass is 9.77. The molecule has 0 spiro atoms. The molecule has 0 aliphatic rings. The lowest BCUT2D eigenvalue weighted by Crippen LogP contribution is -2.33. The van der Waals surface area contributed by atoms with Gasteiger partial charge in [0.25, 0.3) is 5.69 Å². The highest BCUT2D eigenvalue weighted by atomic mass is 16.6. The van der Waals surface area contributed by atoms with Gasteiger partial charge in [-0.3, -0.25) is 19.7 Å². The minimum absolute atomic E-state index is 0.00810. The van der Waals surface area contributed by atoms with Crippen LogP contribution in [0.1, 0.15) is 25.3 Å². The highest BCUT2D eigenvalue weighted by Gasteiger charge is 2.40. The van der Waals surface area contributed by atoms with Crippen molar-refractivity contribution in [2.45, 2.75) is 25.2 Å². The van der Waals surface area contributed by atoms with Crippen molar-refractivity contribution in [2.75, 3.05) is 0 Å². The van der Waals surface area contributed by atoms with Gasteiger partial charge in [0.15, 0.2) is 0 Å². The Morgan fingerprint density at radius 3 is 2.37 bits per heavy atom. The molecule has 1 rings (SSSR count). The standard InChI is InChI=1S/C12H13NO6/c1-12(11(16)17,7-6-10(14)15)8-4-2-3-5-9(8)13(18)19/h2-5H,6-7H2,1H3,(H,14,15)(H,16,17). The summed E-state index contributed by atoms with van der Waals surface area (Å²) in [6, 6.07) is 5.47. The van der Waals surface area contributed by atoms with Gasteiger partial charge in [-0.15, -0.1) is 0 Å². The van der Waals surface area contributed by atoms with E-state index in [2.05, 4.69) is 0 Å². The molecule has 7 nitrogen and oxygen atoms in total. The number of nitro groups is 1. The van der Waals surface area contributed by atoms with Crippen molar-refractivity contribution in [3.63, 3.8) is 0 Å². The van der Waals surface area contributed by atoms with Crippen LogP contribution in [0, 0.1) is 10.1 Å². The molecule has 1 aromatic rings. The quantitative estimate of drug-likeness (QED) is 0.599. The molecule has 0 aliphatic heterocycles. The van der Waals surface area contributed by atoms with Crippen molar-refractivity contribution in [1.82, 2.24) is 0 Å². The van der Waals surface area contributed by atoms with Crippen LogP contribution >= 0.6 is 0 Å². The zero-order valence-electron chi connectivity index (χ0n) is 10.2. The van der Waals surface area contributed by atoms with Gasteiger partial charge < -0.3 is 10.2 Å². The van der Waals surface area contributed by atoms with E-state index in [0.29, 0.717) is 0 Å². The van der Waals surface area contributed by atoms with Crippen LogP contribution in [0.25, 0.3) is 0 Å². The van der Waals surface area contributed by atoms with Gasteiger partial charge in [0, 0.05) is 18.1 Å². The first-order chi connectivity index (χ1) is 8.79. The third kappa shape index (κ3) is 3.06. The van der Waals surface area contributed by atoms with E-state index in [0.717, 1.165) is 0 Å². The van der Waals surface area contributed by atoms with Crippen molar-refractivity contribution >= 4 is 17.6 Å². The molecule has 0 bridgehead atoms. The summed E-state index contributed by atoms with van der Waals surface area (Å²) in [5, 5.41) is 28.9. The molecular weight excluding hydrogens is 254 g/mol. The number of hydrogen-bond donors (Lipinski definition) is 2. The first-order valence-electron chi connectivity index (χ1n) is 5.48. The topological polar surface area (TPSA) is 118 Å². The van der Waals surface area contributed by atoms with Crippen molar-refractivity contribution in [3.05, 3.63) is 39.9 Å². The molecular formula is C12H13NO6. The molecule has 0 aliphatic carbocycles. The summed E-state index contributed by atoms with van der Waals surface area (Å²) in [6.07, 6.45) is -0.600. The Labute approximate surface area is 108 Å². The Hall–Kier alpha value is -2.44. The number of carbonyl (C=O) groups is 2. The van der Waals surface area contributed by atoms with Crippen LogP contribution in [0.2, 0.25) is 0 Å². The average molecular weight is 267 g/mol. The van der Waals surface area contributed by atoms with Crippen molar-refractivity contribution in [2.24, 2.45) is 0 Å². The van der Waals surface area contributed by atoms with E-state index in [1.54, 1.807) is 0 Å². The Morgan fingerprint density at radius 2 is 1.89 bits per heavy atom. The maximum atomic E-state index is 11.4. The molecule has 1 unspecified atom stereocenters. The first-order valence-corrected chi connectivity index (χ1v) is 5.48. The summed E-state index contributed by atoms with van der Waals surface area (Å²) < 4.78 is 0. The fraction of sp³-hybridized carbons (Fsp3) is 0.333. The van der Waals surface area contributed by atoms with Crippen LogP contribution in [-0.4, -0.2) is 27.1 Å². The van der Waals surface area contributed by atoms with Gasteiger partial charge in [0.1, 0.15) is 0 Å². The van der Waals surface area contributed by atoms with Gasteiger partial charge in [-0.2, -0.15) is 0 Å². The summed E-state index contributed by atoms with van der Waals surface area (Å²) >= 11 is 0. The molecule has 0 fully saturated rings. The predicted molar refractivity (Wildman–Crippen MR) is 65.0 cm³/mol. The van der Waals surface area contributed by atoms with Gasteiger partial charge in [-0.1, -0.05) is 18.2 Å². The maximum absolute atomic E-state index is 11.4. The molecule has 102 valence electrons. The summed E-state index contributed by atoms with van der Waals surface area (Å²) in [5.41, 5.74) is -1.92. The summed E-state index contributed by atoms with van der Waals surface area (Å²) in [6.45, 7) is 1.29. The molecule has 0 amide bonds. The van der Waals surface area contributed by atoms with Crippen LogP contribution in [-0.2, 0) is 15.0 Å². The van der Waals surface area contributed by atoms with E-state index in [1.165, 1.54) is 31.2 Å². The van der Waals surface area contributed by atoms with E-state index in [4.69, 9.17) is 5.11 Å². The molecule has 1 atom stereocenters. The number of nitrogens with zero attached hydrogens (tertiary/aromatic N) is 1. The smallest absolute Gasteiger partial charge is 0.314 e. The van der Waals surface area contributed by atoms with Crippen molar-refractivity contribution in [1.29, 1.82) is 0 Å². The zero-order valence-corrected chi connectivity index (χ0v) is 10.2. The van der Waals surface area contributed by atoms with Crippen molar-refractivity contribution < 1.29 is 24.7 Å². The maximum Gasteiger partial charge on any atom is 0.314 e. The highest BCUT2D eigenvalue weighted by Crippen LogP contribution is 2.35. The van der Waals surface area contributed by atoms with Gasteiger partial charge >= 0.3 is 11.9 Å². The molecule has 1 aromatic carbocycles. The second-order valence-electron chi connectivity index (χ2n) is 4.31. The summed E-state index contributed by atoms with van der Waals surface area (Å²) in [4.78, 5) is 32.2. The first kappa shape index (κ1) is 14.6. The molecule has 19 heavy (non-hydrogen) atoms. The molecule has 0 saturated carbocycles. The molecule has 2 N–H and O–H groups in total. The lowest BCUT2D eigenvalue weighted by Gasteiger charge is -2.24. The second kappa shape index (κ2) is 5.47. The van der Waals surface area contributed by atoms with Crippen LogP contribution < -0.4 is 0 Å². The van der Waals surface area contributed by atoms with Gasteiger partial charge in [0.05, 0.1) is 10.3 Å². The predicted octanol–water partition coefficient (Wildman–Crippen LogP) is 1.80. The van der Waals surface area contributed by atoms with Crippen LogP contribution in [0.15, 0.2) is 24.3 Å². The minimum Gasteiger partial charge on any atom is -0.481 e. The highest BCUT2D eigenvalue weighted by molar-refractivity contribution is 5.83. The Morgan fingerprint density at radius 1 is 1.32 bits per heavy atom. The van der Waals surface area contributed by atoms with Gasteiger partial charge in [-0.05, 0) is 13.3 Å². The number of carboxylic acid groups (broad SMARTS) is 2. The Balaban J connectivity index is 3.30. The van der Waals surface area contributed by atoms with Gasteiger partial charge in [0.2, 0.25) is 0 Å². The molecule has 0 saturated heterocycles. The van der Waals surface area contributed by atoms with Crippen LogP contribution in [0.3, 0.4) is 0 Å². The average Bonchev–Trinajstić information content (AvgIpc) is 2.35. The SMILES string of the molecule is CC(CCC(=O)O)(C(=O)O)c1ccccc1[N+](=O)[O-]. The summed E-state index contributed by atoms with van der Waals surface area (Å²) in [7, 11) is 0. The zero-order chi connectivity index (χ0) is 14.6. The monoisotopic (exact) mass is 267 g/mol. The minimum atomic E-state index is -1.61. The Kier molecular flexibility index (Phi) is 4.21. The third-order valence-corrected chi connectivity index (χ3v) is 3.01. The van der Waals surface area contributed by atoms with Crippen LogP contribution in [0.5, 0.6) is 0 Å². The fourth-order valence-corrected chi connectivity index (χ4v) is 1.81. The van der Waals surface area contributed by atoms with E-state index in [1.807, 2.05) is 0 Å². The largest absolute Gasteiger partial charge is 0.481 e. The fourth-order valence-electron chi connectivity index (χ4n) is 1.81. The Bertz CT molecular complexity index is 527. The van der Waals surface area contributed by atoms with Crippen LogP contribution in [0.4, 0.5) is 5.69 Å². The van der Waals surface area contributed by atoms with E-state index < -0.39 is 22.3 Å². The molecule has 7 heteroatoms. The summed E-state index contributed by atoms with van der Waals surface area (Å²) in [5.74, 6) is -2.44. The van der Waals surface area contributed by atoms with E-state index >= 15 is 0 Å². The number of benzene rings is 1. The molecule has 0 aromatic heterocycles. The third-order valence-electron chi connectivity index (χ3n) is 3.01. The molecule has 0 radical (unpaired) electrons. The molecule has 0 heterocycles. The van der Waals surface area contributed by atoms with E-state index in [-0.39, 0.29) is 24.1 Å². The number of rotatable bonds is 6. The number of aliphatic carboxylic acids is 2. The lowest BCUT2D eigenvalue weighted by molar-refractivity contribution is -0.386. The number of para-hydroxylation sites is 1. The number of nitro benzene ring substituents is 1. The van der Waals surface area contributed by atoms with E-state index in [9.17, 15) is 24.8 Å². The van der Waals surface area contributed by atoms with Crippen molar-refractivity contribution in [3.8, 4) is 0 Å². The number of hydrogen-bond acceptors (Lipinski definition) is 4. The second-order valence-corrected chi connectivity index (χ2v) is 4.31. The normalized spacial score (nSPS) is 13.5. The van der Waals surface area contributed by atoms with Gasteiger partial charge in [-0.25, -0.2) is 0 Å². The number of carboxylic acids is 2.